The van der Waals surface area contributed by atoms with Crippen LogP contribution in [0.2, 0.25) is 0 Å². The Hall–Kier alpha value is -3.46. The first-order chi connectivity index (χ1) is 14.5. The first-order valence-corrected chi connectivity index (χ1v) is 10.3. The highest BCUT2D eigenvalue weighted by molar-refractivity contribution is 6.04. The molecule has 3 rings (SSSR count). The summed E-state index contributed by atoms with van der Waals surface area (Å²) in [4.78, 5) is 0. The van der Waals surface area contributed by atoms with E-state index in [1.54, 1.807) is 0 Å². The molecule has 3 aromatic carbocycles. The quantitative estimate of drug-likeness (QED) is 0.320. The van der Waals surface area contributed by atoms with Gasteiger partial charge in [-0.05, 0) is 58.9 Å². The van der Waals surface area contributed by atoms with Gasteiger partial charge in [-0.2, -0.15) is 0 Å². The van der Waals surface area contributed by atoms with Gasteiger partial charge in [0.05, 0.1) is 0 Å². The van der Waals surface area contributed by atoms with Crippen molar-refractivity contribution in [3.63, 3.8) is 0 Å². The largest absolute Gasteiger partial charge is 0.421 e. The van der Waals surface area contributed by atoms with E-state index in [0.29, 0.717) is 17.0 Å². The first-order valence-electron chi connectivity index (χ1n) is 10.3. The first kappa shape index (κ1) is 21.3. The van der Waals surface area contributed by atoms with E-state index in [-0.39, 0.29) is 11.8 Å². The van der Waals surface area contributed by atoms with Crippen LogP contribution in [0.4, 0.5) is 0 Å². The highest BCUT2D eigenvalue weighted by Gasteiger charge is 2.11. The molecule has 152 valence electrons. The van der Waals surface area contributed by atoms with E-state index >= 15 is 0 Å². The van der Waals surface area contributed by atoms with Gasteiger partial charge in [-0.3, -0.25) is 10.8 Å². The van der Waals surface area contributed by atoms with Gasteiger partial charge in [0, 0.05) is 11.1 Å². The molecular weight excluding hydrogens is 368 g/mol. The topological polar surface area (TPSA) is 56.9 Å². The van der Waals surface area contributed by atoms with Crippen LogP contribution in [0.25, 0.3) is 17.2 Å². The zero-order valence-corrected chi connectivity index (χ0v) is 17.6. The fourth-order valence-corrected chi connectivity index (χ4v) is 3.41. The Kier molecular flexibility index (Phi) is 6.97. The molecule has 0 spiro atoms. The van der Waals surface area contributed by atoms with Gasteiger partial charge in [-0.25, -0.2) is 0 Å². The van der Waals surface area contributed by atoms with Gasteiger partial charge < -0.3 is 4.74 Å². The van der Waals surface area contributed by atoms with Gasteiger partial charge in [0.15, 0.2) is 0 Å². The van der Waals surface area contributed by atoms with Crippen molar-refractivity contribution in [3.05, 3.63) is 102 Å². The maximum atomic E-state index is 8.23. The summed E-state index contributed by atoms with van der Waals surface area (Å²) in [5, 5.41) is 16.4. The van der Waals surface area contributed by atoms with Crippen molar-refractivity contribution in [2.24, 2.45) is 0 Å². The smallest absolute Gasteiger partial charge is 0.221 e. The van der Waals surface area contributed by atoms with Gasteiger partial charge in [0.2, 0.25) is 11.8 Å². The number of nitrogens with one attached hydrogen (secondary N) is 2. The lowest BCUT2D eigenvalue weighted by Gasteiger charge is -2.12. The minimum atomic E-state index is -0.0306. The highest BCUT2D eigenvalue weighted by Crippen LogP contribution is 2.22. The number of hydrogen-bond acceptors (Lipinski definition) is 3. The molecule has 0 saturated carbocycles. The molecule has 3 nitrogen and oxygen atoms in total. The molecule has 0 fully saturated rings. The second kappa shape index (κ2) is 9.84. The summed E-state index contributed by atoms with van der Waals surface area (Å²) in [6.07, 6.45) is 4.12. The molecule has 0 radical (unpaired) electrons. The zero-order valence-electron chi connectivity index (χ0n) is 17.6. The van der Waals surface area contributed by atoms with Crippen molar-refractivity contribution >= 4 is 17.9 Å². The minimum absolute atomic E-state index is 0.0150. The molecule has 0 unspecified atom stereocenters. The fourth-order valence-electron chi connectivity index (χ4n) is 3.41. The molecule has 30 heavy (non-hydrogen) atoms. The second-order valence-corrected chi connectivity index (χ2v) is 7.48. The molecule has 0 heterocycles. The lowest BCUT2D eigenvalue weighted by Crippen LogP contribution is -2.13. The summed E-state index contributed by atoms with van der Waals surface area (Å²) in [6.45, 7) is 8.18. The van der Waals surface area contributed by atoms with Crippen molar-refractivity contribution in [1.29, 1.82) is 10.8 Å². The predicted octanol–water partition coefficient (Wildman–Crippen LogP) is 7.27. The van der Waals surface area contributed by atoms with Crippen molar-refractivity contribution in [3.8, 4) is 11.1 Å². The molecule has 1 atom stereocenters. The van der Waals surface area contributed by atoms with E-state index in [9.17, 15) is 0 Å². The van der Waals surface area contributed by atoms with Gasteiger partial charge in [0.1, 0.15) is 0 Å². The summed E-state index contributed by atoms with van der Waals surface area (Å²) in [7, 11) is 0. The molecule has 0 aliphatic carbocycles. The van der Waals surface area contributed by atoms with Crippen LogP contribution in [0.5, 0.6) is 0 Å². The Bertz CT molecular complexity index is 1020. The van der Waals surface area contributed by atoms with Crippen LogP contribution in [-0.2, 0) is 4.74 Å². The van der Waals surface area contributed by atoms with Gasteiger partial charge >= 0.3 is 0 Å². The van der Waals surface area contributed by atoms with E-state index in [4.69, 9.17) is 15.6 Å². The monoisotopic (exact) mass is 396 g/mol. The molecule has 3 aromatic rings. The van der Waals surface area contributed by atoms with Gasteiger partial charge in [-0.15, -0.1) is 0 Å². The Labute approximate surface area is 179 Å². The summed E-state index contributed by atoms with van der Waals surface area (Å²) >= 11 is 0. The Morgan fingerprint density at radius 1 is 0.833 bits per heavy atom. The highest BCUT2D eigenvalue weighted by atomic mass is 16.5. The number of hydrogen-bond donors (Lipinski definition) is 2. The summed E-state index contributed by atoms with van der Waals surface area (Å²) in [5.74, 6) is 0.458. The summed E-state index contributed by atoms with van der Waals surface area (Å²) < 4.78 is 5.50. The SMILES string of the molecule is C=Cc1ccc(-c2ccc(C(=N)OC(=N)c3ccc([C@@H](C)CCC)cc3)cc2)cc1. The van der Waals surface area contributed by atoms with Crippen LogP contribution >= 0.6 is 0 Å². The van der Waals surface area contributed by atoms with Crippen molar-refractivity contribution in [2.45, 2.75) is 32.6 Å². The Morgan fingerprint density at radius 3 is 1.77 bits per heavy atom. The normalized spacial score (nSPS) is 11.5. The maximum Gasteiger partial charge on any atom is 0.221 e. The lowest BCUT2D eigenvalue weighted by atomic mass is 9.96. The van der Waals surface area contributed by atoms with E-state index in [2.05, 4.69) is 32.6 Å². The molecule has 0 aliphatic rings. The van der Waals surface area contributed by atoms with E-state index in [1.807, 2.05) is 66.7 Å². The molecular formula is C27H28N2O. The average molecular weight is 397 g/mol. The Morgan fingerprint density at radius 2 is 1.30 bits per heavy atom. The van der Waals surface area contributed by atoms with Gasteiger partial charge in [-0.1, -0.05) is 81.5 Å². The number of ether oxygens (including phenoxy) is 1. The second-order valence-electron chi connectivity index (χ2n) is 7.48. The minimum Gasteiger partial charge on any atom is -0.421 e. The third kappa shape index (κ3) is 5.12. The maximum absolute atomic E-state index is 8.23. The molecule has 0 saturated heterocycles. The zero-order chi connectivity index (χ0) is 21.5. The molecule has 3 heteroatoms. The van der Waals surface area contributed by atoms with Crippen LogP contribution in [-0.4, -0.2) is 11.8 Å². The lowest BCUT2D eigenvalue weighted by molar-refractivity contribution is 0.538. The average Bonchev–Trinajstić information content (AvgIpc) is 2.79. The van der Waals surface area contributed by atoms with E-state index in [1.165, 1.54) is 5.56 Å². The van der Waals surface area contributed by atoms with Crippen LogP contribution in [0.15, 0.2) is 79.4 Å². The third-order valence-corrected chi connectivity index (χ3v) is 5.29. The van der Waals surface area contributed by atoms with E-state index < -0.39 is 0 Å². The molecule has 2 N–H and O–H groups in total. The van der Waals surface area contributed by atoms with Crippen LogP contribution in [0, 0.1) is 10.8 Å². The molecule has 0 amide bonds. The predicted molar refractivity (Wildman–Crippen MR) is 126 cm³/mol. The van der Waals surface area contributed by atoms with Crippen molar-refractivity contribution in [1.82, 2.24) is 0 Å². The molecule has 0 aromatic heterocycles. The van der Waals surface area contributed by atoms with Crippen LogP contribution in [0.1, 0.15) is 54.9 Å². The van der Waals surface area contributed by atoms with E-state index in [0.717, 1.165) is 29.5 Å². The summed E-state index contributed by atoms with van der Waals surface area (Å²) in [5.41, 5.74) is 5.82. The standard InChI is InChI=1S/C27H28N2O/c1-4-6-19(3)21-11-15-24(16-12-21)26(28)30-27(29)25-17-13-23(14-18-25)22-9-7-20(5-2)8-10-22/h5,7-19,28-29H,2,4,6H2,1,3H3/t19-/m0/s1. The van der Waals surface area contributed by atoms with Crippen LogP contribution in [0.3, 0.4) is 0 Å². The van der Waals surface area contributed by atoms with Crippen molar-refractivity contribution in [2.75, 3.05) is 0 Å². The summed E-state index contributed by atoms with van der Waals surface area (Å²) in [6, 6.07) is 23.7. The molecule has 0 bridgehead atoms. The Balaban J connectivity index is 1.65. The number of rotatable bonds is 7. The van der Waals surface area contributed by atoms with Crippen molar-refractivity contribution < 1.29 is 4.74 Å². The number of benzene rings is 3. The van der Waals surface area contributed by atoms with Gasteiger partial charge in [0.25, 0.3) is 0 Å². The third-order valence-electron chi connectivity index (χ3n) is 5.29. The van der Waals surface area contributed by atoms with Crippen LogP contribution < -0.4 is 0 Å². The molecule has 0 aliphatic heterocycles. The fraction of sp³-hybridized carbons (Fsp3) is 0.185.